The largest absolute Gasteiger partial charge is 0.354 e. The summed E-state index contributed by atoms with van der Waals surface area (Å²) in [5.41, 5.74) is 3.22. The highest BCUT2D eigenvalue weighted by Gasteiger charge is 2.25. The Morgan fingerprint density at radius 3 is 2.50 bits per heavy atom. The SMILES string of the molecule is CC(C)C(NC(=O)c1ccccc1Cl)C(=O)NCCCN1CCc2ccccc2C1. The smallest absolute Gasteiger partial charge is 0.253 e. The van der Waals surface area contributed by atoms with E-state index in [0.717, 1.165) is 32.5 Å². The van der Waals surface area contributed by atoms with Crippen LogP contribution in [0.15, 0.2) is 48.5 Å². The van der Waals surface area contributed by atoms with Crippen molar-refractivity contribution < 1.29 is 9.59 Å². The first-order chi connectivity index (χ1) is 14.5. The highest BCUT2D eigenvalue weighted by atomic mass is 35.5. The van der Waals surface area contributed by atoms with E-state index in [1.165, 1.54) is 11.1 Å². The number of fused-ring (bicyclic) bond motifs is 1. The molecule has 1 aliphatic rings. The molecule has 5 nitrogen and oxygen atoms in total. The Morgan fingerprint density at radius 2 is 1.77 bits per heavy atom. The molecule has 160 valence electrons. The summed E-state index contributed by atoms with van der Waals surface area (Å²) in [6.45, 7) is 7.37. The maximum Gasteiger partial charge on any atom is 0.253 e. The van der Waals surface area contributed by atoms with Crippen LogP contribution in [0.25, 0.3) is 0 Å². The molecule has 0 radical (unpaired) electrons. The van der Waals surface area contributed by atoms with Crippen LogP contribution in [0.5, 0.6) is 0 Å². The molecular formula is C24H30ClN3O2. The van der Waals surface area contributed by atoms with Crippen molar-refractivity contribution in [3.8, 4) is 0 Å². The average molecular weight is 428 g/mol. The van der Waals surface area contributed by atoms with Crippen LogP contribution in [0.3, 0.4) is 0 Å². The molecule has 2 aromatic rings. The minimum atomic E-state index is -0.601. The first-order valence-corrected chi connectivity index (χ1v) is 11.0. The van der Waals surface area contributed by atoms with Crippen LogP contribution < -0.4 is 10.6 Å². The van der Waals surface area contributed by atoms with Gasteiger partial charge in [0.1, 0.15) is 6.04 Å². The molecule has 2 amide bonds. The molecule has 2 N–H and O–H groups in total. The summed E-state index contributed by atoms with van der Waals surface area (Å²) in [6.07, 6.45) is 1.95. The van der Waals surface area contributed by atoms with Crippen LogP contribution in [0.2, 0.25) is 5.02 Å². The zero-order valence-corrected chi connectivity index (χ0v) is 18.4. The van der Waals surface area contributed by atoms with Crippen LogP contribution in [0, 0.1) is 5.92 Å². The fourth-order valence-electron chi connectivity index (χ4n) is 3.77. The molecule has 30 heavy (non-hydrogen) atoms. The molecule has 1 unspecified atom stereocenters. The van der Waals surface area contributed by atoms with Gasteiger partial charge < -0.3 is 10.6 Å². The summed E-state index contributed by atoms with van der Waals surface area (Å²) in [4.78, 5) is 27.6. The van der Waals surface area contributed by atoms with Gasteiger partial charge in [0.25, 0.3) is 5.91 Å². The topological polar surface area (TPSA) is 61.4 Å². The lowest BCUT2D eigenvalue weighted by Crippen LogP contribution is -2.50. The summed E-state index contributed by atoms with van der Waals surface area (Å²) >= 11 is 6.10. The number of halogens is 1. The zero-order valence-electron chi connectivity index (χ0n) is 17.7. The summed E-state index contributed by atoms with van der Waals surface area (Å²) in [5, 5.41) is 6.19. The van der Waals surface area contributed by atoms with E-state index < -0.39 is 6.04 Å². The third-order valence-electron chi connectivity index (χ3n) is 5.51. The molecule has 0 bridgehead atoms. The monoisotopic (exact) mass is 427 g/mol. The van der Waals surface area contributed by atoms with E-state index in [0.29, 0.717) is 17.1 Å². The van der Waals surface area contributed by atoms with Crippen LogP contribution in [-0.4, -0.2) is 42.4 Å². The lowest BCUT2D eigenvalue weighted by Gasteiger charge is -2.28. The Bertz CT molecular complexity index is 884. The zero-order chi connectivity index (χ0) is 21.5. The van der Waals surface area contributed by atoms with Crippen LogP contribution in [0.4, 0.5) is 0 Å². The molecule has 1 aliphatic heterocycles. The van der Waals surface area contributed by atoms with E-state index in [1.54, 1.807) is 24.3 Å². The van der Waals surface area contributed by atoms with Gasteiger partial charge in [-0.25, -0.2) is 0 Å². The third kappa shape index (κ3) is 5.83. The third-order valence-corrected chi connectivity index (χ3v) is 5.84. The standard InChI is InChI=1S/C24H30ClN3O2/c1-17(2)22(27-23(29)20-10-5-6-11-21(20)25)24(30)26-13-7-14-28-15-12-18-8-3-4-9-19(18)16-28/h3-6,8-11,17,22H,7,12-16H2,1-2H3,(H,26,30)(H,27,29). The van der Waals surface area contributed by atoms with Crippen molar-refractivity contribution >= 4 is 23.4 Å². The lowest BCUT2D eigenvalue weighted by molar-refractivity contribution is -0.123. The molecular weight excluding hydrogens is 398 g/mol. The Hall–Kier alpha value is -2.37. The van der Waals surface area contributed by atoms with Crippen molar-refractivity contribution in [1.29, 1.82) is 0 Å². The Balaban J connectivity index is 1.45. The summed E-state index contributed by atoms with van der Waals surface area (Å²) in [6, 6.07) is 14.8. The Kier molecular flexibility index (Phi) is 7.88. The lowest BCUT2D eigenvalue weighted by atomic mass is 10.00. The van der Waals surface area contributed by atoms with Crippen molar-refractivity contribution in [2.75, 3.05) is 19.6 Å². The van der Waals surface area contributed by atoms with E-state index in [-0.39, 0.29) is 17.7 Å². The highest BCUT2D eigenvalue weighted by Crippen LogP contribution is 2.18. The first kappa shape index (κ1) is 22.3. The minimum absolute atomic E-state index is 0.0324. The molecule has 0 aromatic heterocycles. The van der Waals surface area contributed by atoms with Gasteiger partial charge in [-0.2, -0.15) is 0 Å². The van der Waals surface area contributed by atoms with Gasteiger partial charge in [-0.3, -0.25) is 14.5 Å². The molecule has 1 atom stereocenters. The summed E-state index contributed by atoms with van der Waals surface area (Å²) in [5.74, 6) is -0.522. The number of hydrogen-bond acceptors (Lipinski definition) is 3. The highest BCUT2D eigenvalue weighted by molar-refractivity contribution is 6.33. The van der Waals surface area contributed by atoms with Crippen molar-refractivity contribution in [2.45, 2.75) is 39.3 Å². The number of nitrogens with one attached hydrogen (secondary N) is 2. The quantitative estimate of drug-likeness (QED) is 0.632. The molecule has 2 aromatic carbocycles. The van der Waals surface area contributed by atoms with Gasteiger partial charge in [0.05, 0.1) is 10.6 Å². The van der Waals surface area contributed by atoms with Crippen LogP contribution >= 0.6 is 11.6 Å². The maximum absolute atomic E-state index is 12.7. The average Bonchev–Trinajstić information content (AvgIpc) is 2.74. The van der Waals surface area contributed by atoms with E-state index in [4.69, 9.17) is 11.6 Å². The molecule has 1 heterocycles. The number of benzene rings is 2. The number of nitrogens with zero attached hydrogens (tertiary/aromatic N) is 1. The molecule has 0 aliphatic carbocycles. The molecule has 0 fully saturated rings. The van der Waals surface area contributed by atoms with Gasteiger partial charge in [0.2, 0.25) is 5.91 Å². The van der Waals surface area contributed by atoms with Crippen molar-refractivity contribution in [1.82, 2.24) is 15.5 Å². The van der Waals surface area contributed by atoms with Gasteiger partial charge in [0, 0.05) is 26.2 Å². The molecule has 6 heteroatoms. The number of rotatable bonds is 8. The Morgan fingerprint density at radius 1 is 1.07 bits per heavy atom. The van der Waals surface area contributed by atoms with Crippen LogP contribution in [0.1, 0.15) is 41.8 Å². The summed E-state index contributed by atoms with van der Waals surface area (Å²) in [7, 11) is 0. The maximum atomic E-state index is 12.7. The second-order valence-corrected chi connectivity index (χ2v) is 8.52. The second-order valence-electron chi connectivity index (χ2n) is 8.11. The van der Waals surface area contributed by atoms with E-state index >= 15 is 0 Å². The van der Waals surface area contributed by atoms with Crippen molar-refractivity contribution in [3.63, 3.8) is 0 Å². The number of amides is 2. The molecule has 3 rings (SSSR count). The molecule has 0 spiro atoms. The van der Waals surface area contributed by atoms with Gasteiger partial charge in [-0.05, 0) is 42.0 Å². The first-order valence-electron chi connectivity index (χ1n) is 10.6. The van der Waals surface area contributed by atoms with Gasteiger partial charge in [0.15, 0.2) is 0 Å². The normalized spacial score (nSPS) is 14.8. The fourth-order valence-corrected chi connectivity index (χ4v) is 3.99. The number of hydrogen-bond donors (Lipinski definition) is 2. The minimum Gasteiger partial charge on any atom is -0.354 e. The van der Waals surface area contributed by atoms with Crippen molar-refractivity contribution in [3.05, 3.63) is 70.2 Å². The van der Waals surface area contributed by atoms with Gasteiger partial charge in [-0.15, -0.1) is 0 Å². The predicted molar refractivity (Wildman–Crippen MR) is 121 cm³/mol. The predicted octanol–water partition coefficient (Wildman–Crippen LogP) is 3.66. The van der Waals surface area contributed by atoms with Crippen molar-refractivity contribution in [2.24, 2.45) is 5.92 Å². The molecule has 0 saturated heterocycles. The Labute approximate surface area is 183 Å². The number of carbonyl (C=O) groups excluding carboxylic acids is 2. The van der Waals surface area contributed by atoms with E-state index in [9.17, 15) is 9.59 Å². The van der Waals surface area contributed by atoms with Gasteiger partial charge >= 0.3 is 0 Å². The summed E-state index contributed by atoms with van der Waals surface area (Å²) < 4.78 is 0. The van der Waals surface area contributed by atoms with Crippen LogP contribution in [-0.2, 0) is 17.8 Å². The second kappa shape index (κ2) is 10.6. The fraction of sp³-hybridized carbons (Fsp3) is 0.417. The van der Waals surface area contributed by atoms with Gasteiger partial charge in [-0.1, -0.05) is 61.8 Å². The van der Waals surface area contributed by atoms with E-state index in [2.05, 4.69) is 39.8 Å². The number of carbonyl (C=O) groups is 2. The van der Waals surface area contributed by atoms with E-state index in [1.807, 2.05) is 13.8 Å². The molecule has 0 saturated carbocycles.